The van der Waals surface area contributed by atoms with E-state index < -0.39 is 11.2 Å². The van der Waals surface area contributed by atoms with Gasteiger partial charge in [0.05, 0.1) is 24.5 Å². The van der Waals surface area contributed by atoms with E-state index in [-0.39, 0.29) is 19.0 Å². The second kappa shape index (κ2) is 9.75. The molecule has 4 rings (SSSR count). The Morgan fingerprint density at radius 1 is 1.00 bits per heavy atom. The summed E-state index contributed by atoms with van der Waals surface area (Å²) < 4.78 is 25.6. The van der Waals surface area contributed by atoms with E-state index in [1.807, 2.05) is 42.2 Å². The molecule has 0 amide bonds. The van der Waals surface area contributed by atoms with Crippen LogP contribution in [0.4, 0.5) is 10.1 Å². The van der Waals surface area contributed by atoms with E-state index in [0.29, 0.717) is 63.6 Å². The minimum absolute atomic E-state index is 0.117. The van der Waals surface area contributed by atoms with Crippen LogP contribution in [0.5, 0.6) is 5.75 Å². The summed E-state index contributed by atoms with van der Waals surface area (Å²) in [6, 6.07) is 14.5. The van der Waals surface area contributed by atoms with Crippen molar-refractivity contribution in [2.75, 3.05) is 57.4 Å². The summed E-state index contributed by atoms with van der Waals surface area (Å²) in [4.78, 5) is 4.05. The maximum Gasteiger partial charge on any atom is 0.146 e. The van der Waals surface area contributed by atoms with E-state index in [1.165, 1.54) is 6.07 Å². The Kier molecular flexibility index (Phi) is 7.00. The molecule has 2 aromatic rings. The molecule has 2 fully saturated rings. The van der Waals surface area contributed by atoms with Gasteiger partial charge in [0, 0.05) is 32.7 Å². The number of halogens is 1. The molecule has 7 heteroatoms. The SMILES string of the molecule is Cc1ccc(OCC2(O)COCCN(CC3(O)CCN(c4ccccc4F)CC3)C2)cc1. The highest BCUT2D eigenvalue weighted by Gasteiger charge is 2.39. The maximum absolute atomic E-state index is 14.1. The van der Waals surface area contributed by atoms with Gasteiger partial charge in [-0.25, -0.2) is 4.39 Å². The topological polar surface area (TPSA) is 65.4 Å². The van der Waals surface area contributed by atoms with Crippen molar-refractivity contribution in [2.45, 2.75) is 31.0 Å². The van der Waals surface area contributed by atoms with Crippen LogP contribution in [-0.4, -0.2) is 78.9 Å². The normalized spacial score (nSPS) is 24.2. The largest absolute Gasteiger partial charge is 0.490 e. The van der Waals surface area contributed by atoms with E-state index in [1.54, 1.807) is 12.1 Å². The molecule has 32 heavy (non-hydrogen) atoms. The molecule has 174 valence electrons. The molecule has 6 nitrogen and oxygen atoms in total. The van der Waals surface area contributed by atoms with Gasteiger partial charge < -0.3 is 24.6 Å². The van der Waals surface area contributed by atoms with E-state index in [4.69, 9.17) is 9.47 Å². The molecule has 2 aromatic carbocycles. The van der Waals surface area contributed by atoms with Crippen molar-refractivity contribution in [1.29, 1.82) is 0 Å². The lowest BCUT2D eigenvalue weighted by Crippen LogP contribution is -2.55. The second-order valence-corrected chi connectivity index (χ2v) is 9.25. The molecule has 0 saturated carbocycles. The summed E-state index contributed by atoms with van der Waals surface area (Å²) >= 11 is 0. The first-order chi connectivity index (χ1) is 15.3. The Morgan fingerprint density at radius 3 is 2.44 bits per heavy atom. The van der Waals surface area contributed by atoms with Gasteiger partial charge in [0.1, 0.15) is 23.8 Å². The monoisotopic (exact) mass is 444 g/mol. The zero-order chi connectivity index (χ0) is 22.6. The number of nitrogens with zero attached hydrogens (tertiary/aromatic N) is 2. The Bertz CT molecular complexity index is 886. The van der Waals surface area contributed by atoms with E-state index in [0.717, 1.165) is 5.56 Å². The Labute approximate surface area is 189 Å². The van der Waals surface area contributed by atoms with Crippen molar-refractivity contribution >= 4 is 5.69 Å². The molecule has 2 aliphatic heterocycles. The second-order valence-electron chi connectivity index (χ2n) is 9.25. The lowest BCUT2D eigenvalue weighted by molar-refractivity contribution is -0.0742. The van der Waals surface area contributed by atoms with E-state index in [2.05, 4.69) is 4.90 Å². The minimum atomic E-state index is -1.16. The average molecular weight is 445 g/mol. The Hall–Kier alpha value is -2.19. The van der Waals surface area contributed by atoms with Crippen LogP contribution in [0.25, 0.3) is 0 Å². The molecule has 0 aliphatic carbocycles. The number of para-hydroxylation sites is 1. The summed E-state index contributed by atoms with van der Waals surface area (Å²) in [6.07, 6.45) is 1.08. The highest BCUT2D eigenvalue weighted by atomic mass is 19.1. The number of hydrogen-bond acceptors (Lipinski definition) is 6. The molecule has 2 aliphatic rings. The van der Waals surface area contributed by atoms with Crippen LogP contribution >= 0.6 is 0 Å². The van der Waals surface area contributed by atoms with Gasteiger partial charge in [-0.1, -0.05) is 29.8 Å². The molecule has 1 atom stereocenters. The number of hydrogen-bond donors (Lipinski definition) is 2. The van der Waals surface area contributed by atoms with Crippen molar-refractivity contribution in [3.63, 3.8) is 0 Å². The highest BCUT2D eigenvalue weighted by Crippen LogP contribution is 2.29. The highest BCUT2D eigenvalue weighted by molar-refractivity contribution is 5.48. The fraction of sp³-hybridized carbons (Fsp3) is 0.520. The quantitative estimate of drug-likeness (QED) is 0.714. The van der Waals surface area contributed by atoms with Gasteiger partial charge in [-0.3, -0.25) is 4.90 Å². The minimum Gasteiger partial charge on any atom is -0.490 e. The van der Waals surface area contributed by atoms with E-state index >= 15 is 0 Å². The van der Waals surface area contributed by atoms with Crippen LogP contribution in [0.2, 0.25) is 0 Å². The Morgan fingerprint density at radius 2 is 1.72 bits per heavy atom. The van der Waals surface area contributed by atoms with E-state index in [9.17, 15) is 14.6 Å². The first-order valence-electron chi connectivity index (χ1n) is 11.3. The molecular weight excluding hydrogens is 411 g/mol. The van der Waals surface area contributed by atoms with Crippen LogP contribution in [0.1, 0.15) is 18.4 Å². The van der Waals surface area contributed by atoms with Gasteiger partial charge in [-0.15, -0.1) is 0 Å². The third-order valence-electron chi connectivity index (χ3n) is 6.37. The van der Waals surface area contributed by atoms with Gasteiger partial charge in [0.2, 0.25) is 0 Å². The molecule has 0 aromatic heterocycles. The third kappa shape index (κ3) is 5.78. The van der Waals surface area contributed by atoms with Crippen LogP contribution < -0.4 is 9.64 Å². The van der Waals surface area contributed by atoms with Crippen molar-refractivity contribution in [1.82, 2.24) is 4.90 Å². The average Bonchev–Trinajstić information content (AvgIpc) is 2.95. The fourth-order valence-electron chi connectivity index (χ4n) is 4.52. The van der Waals surface area contributed by atoms with Gasteiger partial charge in [-0.2, -0.15) is 0 Å². The molecule has 0 bridgehead atoms. The number of benzene rings is 2. The molecule has 2 saturated heterocycles. The number of aryl methyl sites for hydroxylation is 1. The van der Waals surface area contributed by atoms with Crippen molar-refractivity contribution < 1.29 is 24.1 Å². The number of anilines is 1. The molecule has 1 unspecified atom stereocenters. The van der Waals surface area contributed by atoms with Crippen LogP contribution in [-0.2, 0) is 4.74 Å². The number of rotatable bonds is 6. The lowest BCUT2D eigenvalue weighted by Gasteiger charge is -2.42. The lowest BCUT2D eigenvalue weighted by atomic mass is 9.90. The predicted molar refractivity (Wildman–Crippen MR) is 122 cm³/mol. The van der Waals surface area contributed by atoms with Gasteiger partial charge in [0.15, 0.2) is 0 Å². The first kappa shape index (κ1) is 23.0. The summed E-state index contributed by atoms with van der Waals surface area (Å²) in [5.41, 5.74) is -0.314. The number of piperidine rings is 1. The third-order valence-corrected chi connectivity index (χ3v) is 6.37. The molecule has 2 heterocycles. The van der Waals surface area contributed by atoms with Gasteiger partial charge >= 0.3 is 0 Å². The van der Waals surface area contributed by atoms with Crippen LogP contribution in [0.3, 0.4) is 0 Å². The number of ether oxygens (including phenoxy) is 2. The number of β-amino-alcohol motifs (C(OH)–C–C–N with tert-alkyl or cyclic N) is 2. The maximum atomic E-state index is 14.1. The Balaban J connectivity index is 1.33. The molecule has 0 spiro atoms. The van der Waals surface area contributed by atoms with Crippen LogP contribution in [0.15, 0.2) is 48.5 Å². The number of aliphatic hydroxyl groups is 2. The van der Waals surface area contributed by atoms with Crippen LogP contribution in [0, 0.1) is 12.7 Å². The van der Waals surface area contributed by atoms with Gasteiger partial charge in [0.25, 0.3) is 0 Å². The smallest absolute Gasteiger partial charge is 0.146 e. The zero-order valence-corrected chi connectivity index (χ0v) is 18.7. The van der Waals surface area contributed by atoms with Crippen molar-refractivity contribution in [3.8, 4) is 5.75 Å². The summed E-state index contributed by atoms with van der Waals surface area (Å²) in [7, 11) is 0. The molecule has 2 N–H and O–H groups in total. The summed E-state index contributed by atoms with van der Waals surface area (Å²) in [5, 5.41) is 22.4. The standard InChI is InChI=1S/C25H33FN2O4/c1-20-6-8-21(9-7-20)32-19-25(30)17-27(14-15-31-18-25)16-24(29)10-12-28(13-11-24)23-5-3-2-4-22(23)26/h2-9,29-30H,10-19H2,1H3. The summed E-state index contributed by atoms with van der Waals surface area (Å²) in [5.74, 6) is 0.472. The fourth-order valence-corrected chi connectivity index (χ4v) is 4.52. The van der Waals surface area contributed by atoms with Crippen molar-refractivity contribution in [3.05, 3.63) is 59.9 Å². The first-order valence-corrected chi connectivity index (χ1v) is 11.3. The van der Waals surface area contributed by atoms with Gasteiger partial charge in [-0.05, 0) is 44.0 Å². The molecular formula is C25H33FN2O4. The summed E-state index contributed by atoms with van der Waals surface area (Å²) in [6.45, 7) is 5.41. The van der Waals surface area contributed by atoms with Crippen molar-refractivity contribution in [2.24, 2.45) is 0 Å². The predicted octanol–water partition coefficient (Wildman–Crippen LogP) is 2.61. The molecule has 0 radical (unpaired) electrons. The zero-order valence-electron chi connectivity index (χ0n) is 18.7.